The lowest BCUT2D eigenvalue weighted by Crippen LogP contribution is -2.83. The van der Waals surface area contributed by atoms with Crippen molar-refractivity contribution in [2.45, 2.75) is 33.2 Å². The van der Waals surface area contributed by atoms with Crippen molar-refractivity contribution in [3.05, 3.63) is 54.6 Å². The van der Waals surface area contributed by atoms with Crippen LogP contribution in [-0.2, 0) is 0 Å². The highest BCUT2D eigenvalue weighted by atomic mass is 14.9. The van der Waals surface area contributed by atoms with Gasteiger partial charge >= 0.3 is 0 Å². The molecule has 0 spiro atoms. The van der Waals surface area contributed by atoms with Crippen molar-refractivity contribution in [1.29, 1.82) is 0 Å². The van der Waals surface area contributed by atoms with Gasteiger partial charge in [-0.25, -0.2) is 0 Å². The van der Waals surface area contributed by atoms with Crippen molar-refractivity contribution in [2.24, 2.45) is 5.92 Å². The van der Waals surface area contributed by atoms with E-state index >= 15 is 0 Å². The Kier molecular flexibility index (Phi) is 5.19. The molecule has 2 heteroatoms. The van der Waals surface area contributed by atoms with Crippen LogP contribution in [0.2, 0.25) is 0 Å². The highest BCUT2D eigenvalue weighted by molar-refractivity contribution is 5.60. The number of nitrogens with two attached hydrogens (primary N) is 1. The third-order valence-electron chi connectivity index (χ3n) is 3.29. The molecule has 106 valence electrons. The molecule has 0 aliphatic heterocycles. The first-order valence-electron chi connectivity index (χ1n) is 7.40. The van der Waals surface area contributed by atoms with Gasteiger partial charge in [-0.1, -0.05) is 32.0 Å². The SMILES string of the molecule is CC(C)CC(C)[NH2+]c1ccc(Nc2ccccc2)cc1. The van der Waals surface area contributed by atoms with Crippen molar-refractivity contribution in [2.75, 3.05) is 5.32 Å². The van der Waals surface area contributed by atoms with Gasteiger partial charge in [-0.05, 0) is 37.1 Å². The number of quaternary nitrogens is 1. The zero-order chi connectivity index (χ0) is 14.4. The Hall–Kier alpha value is -1.80. The summed E-state index contributed by atoms with van der Waals surface area (Å²) in [6.45, 7) is 6.84. The summed E-state index contributed by atoms with van der Waals surface area (Å²) in [5.41, 5.74) is 3.55. The molecule has 0 aliphatic rings. The van der Waals surface area contributed by atoms with Crippen LogP contribution in [0.4, 0.5) is 17.1 Å². The van der Waals surface area contributed by atoms with Gasteiger partial charge in [0.15, 0.2) is 0 Å². The smallest absolute Gasteiger partial charge is 0.129 e. The number of hydrogen-bond donors (Lipinski definition) is 2. The minimum atomic E-state index is 0.628. The third kappa shape index (κ3) is 4.71. The van der Waals surface area contributed by atoms with E-state index in [9.17, 15) is 0 Å². The normalized spacial score (nSPS) is 12.4. The van der Waals surface area contributed by atoms with Gasteiger partial charge in [0.05, 0.1) is 6.04 Å². The van der Waals surface area contributed by atoms with Gasteiger partial charge in [0, 0.05) is 29.9 Å². The Morgan fingerprint density at radius 1 is 0.850 bits per heavy atom. The Morgan fingerprint density at radius 3 is 2.05 bits per heavy atom. The molecule has 3 N–H and O–H groups in total. The lowest BCUT2D eigenvalue weighted by molar-refractivity contribution is -0.608. The first-order valence-corrected chi connectivity index (χ1v) is 7.40. The van der Waals surface area contributed by atoms with E-state index in [1.54, 1.807) is 0 Å². The maximum absolute atomic E-state index is 3.40. The molecule has 1 atom stereocenters. The highest BCUT2D eigenvalue weighted by Crippen LogP contribution is 2.17. The zero-order valence-corrected chi connectivity index (χ0v) is 12.6. The lowest BCUT2D eigenvalue weighted by atomic mass is 10.1. The number of rotatable bonds is 6. The summed E-state index contributed by atoms with van der Waals surface area (Å²) >= 11 is 0. The molecular formula is C18H25N2+. The van der Waals surface area contributed by atoms with Crippen LogP contribution in [0.15, 0.2) is 54.6 Å². The molecule has 0 saturated heterocycles. The molecule has 2 rings (SSSR count). The summed E-state index contributed by atoms with van der Waals surface area (Å²) in [6, 6.07) is 19.5. The lowest BCUT2D eigenvalue weighted by Gasteiger charge is -2.13. The van der Waals surface area contributed by atoms with Crippen LogP contribution in [-0.4, -0.2) is 6.04 Å². The minimum Gasteiger partial charge on any atom is -0.356 e. The molecule has 20 heavy (non-hydrogen) atoms. The van der Waals surface area contributed by atoms with Crippen LogP contribution in [0.5, 0.6) is 0 Å². The fourth-order valence-corrected chi connectivity index (χ4v) is 2.51. The molecule has 2 aromatic rings. The van der Waals surface area contributed by atoms with E-state index in [1.165, 1.54) is 12.1 Å². The number of anilines is 2. The quantitative estimate of drug-likeness (QED) is 0.761. The predicted molar refractivity (Wildman–Crippen MR) is 86.7 cm³/mol. The van der Waals surface area contributed by atoms with Crippen molar-refractivity contribution >= 4 is 17.1 Å². The molecular weight excluding hydrogens is 244 g/mol. The summed E-state index contributed by atoms with van der Waals surface area (Å²) in [7, 11) is 0. The van der Waals surface area contributed by atoms with E-state index in [4.69, 9.17) is 0 Å². The van der Waals surface area contributed by atoms with Crippen LogP contribution in [0.3, 0.4) is 0 Å². The minimum absolute atomic E-state index is 0.628. The first kappa shape index (κ1) is 14.6. The second-order valence-corrected chi connectivity index (χ2v) is 5.89. The van der Waals surface area contributed by atoms with Gasteiger partial charge < -0.3 is 10.6 Å². The largest absolute Gasteiger partial charge is 0.356 e. The van der Waals surface area contributed by atoms with Crippen molar-refractivity contribution in [3.63, 3.8) is 0 Å². The van der Waals surface area contributed by atoms with Crippen LogP contribution in [0.1, 0.15) is 27.2 Å². The molecule has 0 saturated carbocycles. The second kappa shape index (κ2) is 7.11. The fraction of sp³-hybridized carbons (Fsp3) is 0.333. The molecule has 0 bridgehead atoms. The van der Waals surface area contributed by atoms with E-state index in [2.05, 4.69) is 67.8 Å². The summed E-state index contributed by atoms with van der Waals surface area (Å²) in [6.07, 6.45) is 1.24. The molecule has 1 unspecified atom stereocenters. The first-order chi connectivity index (χ1) is 9.63. The molecule has 0 radical (unpaired) electrons. The topological polar surface area (TPSA) is 28.6 Å². The van der Waals surface area contributed by atoms with Gasteiger partial charge in [-0.2, -0.15) is 0 Å². The number of hydrogen-bond acceptors (Lipinski definition) is 1. The average Bonchev–Trinajstić information content (AvgIpc) is 2.41. The van der Waals surface area contributed by atoms with E-state index in [0.717, 1.165) is 17.3 Å². The Morgan fingerprint density at radius 2 is 1.45 bits per heavy atom. The molecule has 0 heterocycles. The third-order valence-corrected chi connectivity index (χ3v) is 3.29. The summed E-state index contributed by atoms with van der Waals surface area (Å²) in [4.78, 5) is 0. The Bertz CT molecular complexity index is 503. The highest BCUT2D eigenvalue weighted by Gasteiger charge is 2.08. The number of benzene rings is 2. The van der Waals surface area contributed by atoms with Crippen molar-refractivity contribution in [1.82, 2.24) is 0 Å². The van der Waals surface area contributed by atoms with Crippen molar-refractivity contribution in [3.8, 4) is 0 Å². The van der Waals surface area contributed by atoms with Gasteiger partial charge in [0.2, 0.25) is 0 Å². The molecule has 2 nitrogen and oxygen atoms in total. The monoisotopic (exact) mass is 269 g/mol. The van der Waals surface area contributed by atoms with Gasteiger partial charge in [0.1, 0.15) is 5.69 Å². The van der Waals surface area contributed by atoms with Crippen LogP contribution in [0, 0.1) is 5.92 Å². The fourth-order valence-electron chi connectivity index (χ4n) is 2.51. The molecule has 0 aliphatic carbocycles. The number of nitrogens with one attached hydrogen (secondary N) is 1. The molecule has 0 fully saturated rings. The van der Waals surface area contributed by atoms with E-state index < -0.39 is 0 Å². The molecule has 2 aromatic carbocycles. The van der Waals surface area contributed by atoms with E-state index in [-0.39, 0.29) is 0 Å². The zero-order valence-electron chi connectivity index (χ0n) is 12.6. The predicted octanol–water partition coefficient (Wildman–Crippen LogP) is 4.06. The summed E-state index contributed by atoms with van der Waals surface area (Å²) in [5.74, 6) is 0.750. The second-order valence-electron chi connectivity index (χ2n) is 5.89. The van der Waals surface area contributed by atoms with Gasteiger partial charge in [0.25, 0.3) is 0 Å². The standard InChI is InChI=1S/C18H24N2/c1-14(2)13-15(3)19-17-9-11-18(12-10-17)20-16-7-5-4-6-8-16/h4-12,14-15,19-20H,13H2,1-3H3/p+1. The van der Waals surface area contributed by atoms with Gasteiger partial charge in [-0.15, -0.1) is 0 Å². The maximum Gasteiger partial charge on any atom is 0.129 e. The Labute approximate surface area is 122 Å². The maximum atomic E-state index is 3.40. The summed E-state index contributed by atoms with van der Waals surface area (Å²) in [5, 5.41) is 5.76. The number of para-hydroxylation sites is 1. The van der Waals surface area contributed by atoms with Crippen LogP contribution in [0.25, 0.3) is 0 Å². The van der Waals surface area contributed by atoms with Crippen LogP contribution < -0.4 is 10.6 Å². The molecule has 0 amide bonds. The summed E-state index contributed by atoms with van der Waals surface area (Å²) < 4.78 is 0. The average molecular weight is 269 g/mol. The van der Waals surface area contributed by atoms with E-state index in [0.29, 0.717) is 6.04 Å². The van der Waals surface area contributed by atoms with Crippen LogP contribution >= 0.6 is 0 Å². The van der Waals surface area contributed by atoms with E-state index in [1.807, 2.05) is 18.2 Å². The van der Waals surface area contributed by atoms with Crippen molar-refractivity contribution < 1.29 is 5.32 Å². The molecule has 0 aromatic heterocycles. The van der Waals surface area contributed by atoms with Gasteiger partial charge in [-0.3, -0.25) is 0 Å². The Balaban J connectivity index is 1.93.